The second-order valence-electron chi connectivity index (χ2n) is 4.50. The second kappa shape index (κ2) is 4.29. The van der Waals surface area contributed by atoms with Crippen molar-refractivity contribution in [3.05, 3.63) is 34.2 Å². The number of carboxylic acid groups (broad SMARTS) is 1. The van der Waals surface area contributed by atoms with Crippen LogP contribution in [0.1, 0.15) is 29.8 Å². The van der Waals surface area contributed by atoms with Crippen LogP contribution < -0.4 is 10.9 Å². The first-order chi connectivity index (χ1) is 8.46. The van der Waals surface area contributed by atoms with Crippen molar-refractivity contribution in [1.29, 1.82) is 0 Å². The largest absolute Gasteiger partial charge is 0.480 e. The van der Waals surface area contributed by atoms with Gasteiger partial charge < -0.3 is 15.0 Å². The van der Waals surface area contributed by atoms with E-state index in [1.807, 2.05) is 0 Å². The number of aliphatic carboxylic acids is 1. The normalized spacial score (nSPS) is 16.7. The van der Waals surface area contributed by atoms with Crippen molar-refractivity contribution in [2.24, 2.45) is 7.05 Å². The average molecular weight is 250 g/mol. The first-order valence-corrected chi connectivity index (χ1v) is 5.68. The molecule has 0 unspecified atom stereocenters. The number of amides is 1. The summed E-state index contributed by atoms with van der Waals surface area (Å²) < 4.78 is 1.20. The lowest BCUT2D eigenvalue weighted by Gasteiger charge is -2.38. The number of carbonyl (C=O) groups is 2. The molecule has 1 amide bonds. The van der Waals surface area contributed by atoms with E-state index < -0.39 is 17.4 Å². The van der Waals surface area contributed by atoms with Crippen molar-refractivity contribution < 1.29 is 14.7 Å². The van der Waals surface area contributed by atoms with Gasteiger partial charge in [0.05, 0.1) is 0 Å². The Morgan fingerprint density at radius 2 is 2.06 bits per heavy atom. The van der Waals surface area contributed by atoms with Gasteiger partial charge in [-0.15, -0.1) is 0 Å². The summed E-state index contributed by atoms with van der Waals surface area (Å²) in [5.74, 6) is -1.56. The number of carbonyl (C=O) groups excluding carboxylic acids is 1. The number of hydrogen-bond acceptors (Lipinski definition) is 3. The van der Waals surface area contributed by atoms with Crippen LogP contribution in [0.25, 0.3) is 0 Å². The van der Waals surface area contributed by atoms with Crippen molar-refractivity contribution in [3.63, 3.8) is 0 Å². The fourth-order valence-corrected chi connectivity index (χ4v) is 2.00. The van der Waals surface area contributed by atoms with Crippen LogP contribution in [-0.4, -0.2) is 27.1 Å². The van der Waals surface area contributed by atoms with Crippen molar-refractivity contribution in [2.75, 3.05) is 0 Å². The summed E-state index contributed by atoms with van der Waals surface area (Å²) in [5, 5.41) is 11.6. The summed E-state index contributed by atoms with van der Waals surface area (Å²) in [6.45, 7) is 0. The Morgan fingerprint density at radius 3 is 2.56 bits per heavy atom. The van der Waals surface area contributed by atoms with Gasteiger partial charge in [0.2, 0.25) is 0 Å². The van der Waals surface area contributed by atoms with Crippen LogP contribution in [0.5, 0.6) is 0 Å². The number of carboxylic acids is 1. The van der Waals surface area contributed by atoms with Crippen LogP contribution in [0.4, 0.5) is 0 Å². The van der Waals surface area contributed by atoms with Crippen LogP contribution in [0.15, 0.2) is 23.0 Å². The van der Waals surface area contributed by atoms with E-state index in [1.54, 1.807) is 0 Å². The number of aromatic nitrogens is 1. The van der Waals surface area contributed by atoms with Gasteiger partial charge in [-0.2, -0.15) is 0 Å². The number of pyridine rings is 1. The van der Waals surface area contributed by atoms with Gasteiger partial charge >= 0.3 is 5.97 Å². The molecule has 1 aliphatic carbocycles. The molecule has 0 spiro atoms. The molecule has 1 aromatic rings. The van der Waals surface area contributed by atoms with Crippen molar-refractivity contribution in [3.8, 4) is 0 Å². The zero-order valence-electron chi connectivity index (χ0n) is 9.97. The zero-order valence-corrected chi connectivity index (χ0v) is 9.97. The summed E-state index contributed by atoms with van der Waals surface area (Å²) in [5.41, 5.74) is -1.31. The first kappa shape index (κ1) is 12.3. The Morgan fingerprint density at radius 1 is 1.39 bits per heavy atom. The molecule has 6 nitrogen and oxygen atoms in total. The number of nitrogens with zero attached hydrogens (tertiary/aromatic N) is 1. The minimum absolute atomic E-state index is 0.162. The van der Waals surface area contributed by atoms with E-state index in [9.17, 15) is 14.4 Å². The molecule has 96 valence electrons. The Bertz CT molecular complexity index is 557. The number of rotatable bonds is 3. The molecule has 1 heterocycles. The van der Waals surface area contributed by atoms with Gasteiger partial charge in [0.1, 0.15) is 11.2 Å². The predicted octanol–water partition coefficient (Wildman–Crippen LogP) is 0.122. The minimum atomic E-state index is -1.16. The Hall–Kier alpha value is -2.11. The second-order valence-corrected chi connectivity index (χ2v) is 4.50. The molecular weight excluding hydrogens is 236 g/mol. The van der Waals surface area contributed by atoms with E-state index in [0.29, 0.717) is 12.8 Å². The molecular formula is C12H14N2O4. The van der Waals surface area contributed by atoms with E-state index >= 15 is 0 Å². The van der Waals surface area contributed by atoms with E-state index in [-0.39, 0.29) is 11.3 Å². The lowest BCUT2D eigenvalue weighted by atomic mass is 9.76. The molecule has 0 atom stereocenters. The van der Waals surface area contributed by atoms with Crippen LogP contribution in [0.2, 0.25) is 0 Å². The van der Waals surface area contributed by atoms with Crippen molar-refractivity contribution in [2.45, 2.75) is 24.8 Å². The third-order valence-electron chi connectivity index (χ3n) is 3.39. The van der Waals surface area contributed by atoms with Gasteiger partial charge in [0.15, 0.2) is 0 Å². The lowest BCUT2D eigenvalue weighted by Crippen LogP contribution is -2.59. The van der Waals surface area contributed by atoms with Crippen LogP contribution >= 0.6 is 0 Å². The van der Waals surface area contributed by atoms with E-state index in [2.05, 4.69) is 5.32 Å². The highest BCUT2D eigenvalue weighted by Gasteiger charge is 2.45. The third kappa shape index (κ3) is 1.90. The zero-order chi connectivity index (χ0) is 13.3. The highest BCUT2D eigenvalue weighted by Crippen LogP contribution is 2.32. The maximum Gasteiger partial charge on any atom is 0.329 e. The van der Waals surface area contributed by atoms with Gasteiger partial charge in [0, 0.05) is 13.1 Å². The molecule has 1 saturated carbocycles. The lowest BCUT2D eigenvalue weighted by molar-refractivity contribution is -0.148. The summed E-state index contributed by atoms with van der Waals surface area (Å²) in [4.78, 5) is 34.5. The molecule has 0 bridgehead atoms. The van der Waals surface area contributed by atoms with Crippen molar-refractivity contribution >= 4 is 11.9 Å². The molecule has 18 heavy (non-hydrogen) atoms. The highest BCUT2D eigenvalue weighted by atomic mass is 16.4. The number of nitrogens with one attached hydrogen (secondary N) is 1. The van der Waals surface area contributed by atoms with Gasteiger partial charge in [-0.3, -0.25) is 9.59 Å². The SMILES string of the molecule is Cn1c(C(=O)NC2(C(=O)O)CCC2)cccc1=O. The molecule has 6 heteroatoms. The number of hydrogen-bond donors (Lipinski definition) is 2. The maximum atomic E-state index is 12.0. The monoisotopic (exact) mass is 250 g/mol. The molecule has 0 radical (unpaired) electrons. The summed E-state index contributed by atoms with van der Waals surface area (Å²) in [6.07, 6.45) is 1.63. The fraction of sp³-hybridized carbons (Fsp3) is 0.417. The first-order valence-electron chi connectivity index (χ1n) is 5.68. The van der Waals surface area contributed by atoms with E-state index in [0.717, 1.165) is 6.42 Å². The Labute approximate surface area is 103 Å². The molecule has 1 aromatic heterocycles. The molecule has 1 aliphatic rings. The van der Waals surface area contributed by atoms with E-state index in [4.69, 9.17) is 5.11 Å². The molecule has 0 saturated heterocycles. The minimum Gasteiger partial charge on any atom is -0.480 e. The van der Waals surface area contributed by atoms with Gasteiger partial charge in [-0.1, -0.05) is 6.07 Å². The van der Waals surface area contributed by atoms with Gasteiger partial charge in [-0.25, -0.2) is 4.79 Å². The summed E-state index contributed by atoms with van der Waals surface area (Å²) >= 11 is 0. The highest BCUT2D eigenvalue weighted by molar-refractivity contribution is 5.96. The summed E-state index contributed by atoms with van der Waals surface area (Å²) in [6, 6.07) is 4.31. The van der Waals surface area contributed by atoms with Gasteiger partial charge in [-0.05, 0) is 25.3 Å². The fourth-order valence-electron chi connectivity index (χ4n) is 2.00. The Balaban J connectivity index is 2.25. The average Bonchev–Trinajstić information content (AvgIpc) is 2.26. The van der Waals surface area contributed by atoms with Crippen LogP contribution in [0.3, 0.4) is 0 Å². The molecule has 2 rings (SSSR count). The topological polar surface area (TPSA) is 88.4 Å². The Kier molecular flexibility index (Phi) is 2.94. The third-order valence-corrected chi connectivity index (χ3v) is 3.39. The maximum absolute atomic E-state index is 12.0. The molecule has 2 N–H and O–H groups in total. The smallest absolute Gasteiger partial charge is 0.329 e. The standard InChI is InChI=1S/C12H14N2O4/c1-14-8(4-2-5-9(14)15)10(16)13-12(11(17)18)6-3-7-12/h2,4-5H,3,6-7H2,1H3,(H,13,16)(H,17,18). The predicted molar refractivity (Wildman–Crippen MR) is 63.4 cm³/mol. The molecule has 1 fully saturated rings. The van der Waals surface area contributed by atoms with Gasteiger partial charge in [0.25, 0.3) is 11.5 Å². The summed E-state index contributed by atoms with van der Waals surface area (Å²) in [7, 11) is 1.48. The van der Waals surface area contributed by atoms with E-state index in [1.165, 1.54) is 29.8 Å². The van der Waals surface area contributed by atoms with Crippen LogP contribution in [-0.2, 0) is 11.8 Å². The van der Waals surface area contributed by atoms with Crippen LogP contribution in [0, 0.1) is 0 Å². The quantitative estimate of drug-likeness (QED) is 0.797. The molecule has 0 aromatic carbocycles. The molecule has 0 aliphatic heterocycles. The van der Waals surface area contributed by atoms with Crippen molar-refractivity contribution in [1.82, 2.24) is 9.88 Å².